The Morgan fingerprint density at radius 1 is 1.14 bits per heavy atom. The number of carbonyl (C=O) groups is 2. The van der Waals surface area contributed by atoms with Crippen LogP contribution in [0.5, 0.6) is 0 Å². The Labute approximate surface area is 127 Å². The van der Waals surface area contributed by atoms with Gasteiger partial charge in [-0.05, 0) is 37.3 Å². The Balaban J connectivity index is 2.14. The van der Waals surface area contributed by atoms with Gasteiger partial charge in [-0.2, -0.15) is 0 Å². The monoisotopic (exact) mass is 303 g/mol. The maximum atomic E-state index is 12.1. The maximum absolute atomic E-state index is 12.1. The molecular weight excluding hydrogens is 290 g/mol. The molecular formula is C15H14ClN3O2. The van der Waals surface area contributed by atoms with Gasteiger partial charge in [0, 0.05) is 30.2 Å². The summed E-state index contributed by atoms with van der Waals surface area (Å²) in [5, 5.41) is 5.58. The van der Waals surface area contributed by atoms with Crippen molar-refractivity contribution in [2.45, 2.75) is 6.92 Å². The van der Waals surface area contributed by atoms with Crippen LogP contribution < -0.4 is 10.6 Å². The largest absolute Gasteiger partial charge is 0.355 e. The van der Waals surface area contributed by atoms with Gasteiger partial charge in [0.25, 0.3) is 11.8 Å². The summed E-state index contributed by atoms with van der Waals surface area (Å²) in [5.41, 5.74) is 2.14. The van der Waals surface area contributed by atoms with Gasteiger partial charge in [0.2, 0.25) is 0 Å². The highest BCUT2D eigenvalue weighted by atomic mass is 35.5. The van der Waals surface area contributed by atoms with E-state index in [0.29, 0.717) is 21.8 Å². The lowest BCUT2D eigenvalue weighted by molar-refractivity contribution is 0.0962. The van der Waals surface area contributed by atoms with E-state index >= 15 is 0 Å². The van der Waals surface area contributed by atoms with Gasteiger partial charge >= 0.3 is 0 Å². The number of rotatable bonds is 3. The second-order valence-corrected chi connectivity index (χ2v) is 4.82. The predicted octanol–water partition coefficient (Wildman–Crippen LogP) is 2.66. The number of amides is 2. The summed E-state index contributed by atoms with van der Waals surface area (Å²) >= 11 is 6.02. The smallest absolute Gasteiger partial charge is 0.258 e. The van der Waals surface area contributed by atoms with E-state index in [0.717, 1.165) is 5.69 Å². The van der Waals surface area contributed by atoms with Crippen LogP contribution in [0.2, 0.25) is 5.02 Å². The summed E-state index contributed by atoms with van der Waals surface area (Å²) in [6.45, 7) is 1.80. The SMILES string of the molecule is CNC(=O)c1ccc(NC(=O)c2cnc(C)cc2Cl)cc1. The molecule has 1 heterocycles. The van der Waals surface area contributed by atoms with E-state index in [2.05, 4.69) is 15.6 Å². The number of anilines is 1. The number of hydrogen-bond acceptors (Lipinski definition) is 3. The van der Waals surface area contributed by atoms with Crippen LogP contribution in [0, 0.1) is 6.92 Å². The normalized spacial score (nSPS) is 10.0. The van der Waals surface area contributed by atoms with Crippen LogP contribution in [-0.2, 0) is 0 Å². The highest BCUT2D eigenvalue weighted by Crippen LogP contribution is 2.18. The van der Waals surface area contributed by atoms with Gasteiger partial charge in [-0.3, -0.25) is 14.6 Å². The van der Waals surface area contributed by atoms with Gasteiger partial charge in [-0.25, -0.2) is 0 Å². The Kier molecular flexibility index (Phi) is 4.55. The van der Waals surface area contributed by atoms with E-state index in [9.17, 15) is 9.59 Å². The molecule has 6 heteroatoms. The average molecular weight is 304 g/mol. The number of halogens is 1. The molecule has 0 aliphatic heterocycles. The number of aromatic nitrogens is 1. The van der Waals surface area contributed by atoms with E-state index in [1.165, 1.54) is 6.20 Å². The van der Waals surface area contributed by atoms with Crippen molar-refractivity contribution < 1.29 is 9.59 Å². The van der Waals surface area contributed by atoms with Gasteiger partial charge in [0.05, 0.1) is 10.6 Å². The molecule has 0 aliphatic carbocycles. The zero-order chi connectivity index (χ0) is 15.4. The minimum absolute atomic E-state index is 0.182. The molecule has 0 radical (unpaired) electrons. The zero-order valence-electron chi connectivity index (χ0n) is 11.6. The van der Waals surface area contributed by atoms with Gasteiger partial charge in [-0.15, -0.1) is 0 Å². The topological polar surface area (TPSA) is 71.1 Å². The number of aryl methyl sites for hydroxylation is 1. The third kappa shape index (κ3) is 3.58. The molecule has 2 N–H and O–H groups in total. The van der Waals surface area contributed by atoms with Gasteiger partial charge < -0.3 is 10.6 Å². The first-order valence-electron chi connectivity index (χ1n) is 6.27. The number of nitrogens with zero attached hydrogens (tertiary/aromatic N) is 1. The second kappa shape index (κ2) is 6.37. The number of nitrogens with one attached hydrogen (secondary N) is 2. The number of pyridine rings is 1. The molecule has 0 atom stereocenters. The highest BCUT2D eigenvalue weighted by molar-refractivity contribution is 6.34. The van der Waals surface area contributed by atoms with Crippen LogP contribution in [0.15, 0.2) is 36.5 Å². The Hall–Kier alpha value is -2.40. The third-order valence-electron chi connectivity index (χ3n) is 2.87. The van der Waals surface area contributed by atoms with Crippen molar-refractivity contribution in [3.8, 4) is 0 Å². The van der Waals surface area contributed by atoms with Crippen LogP contribution in [0.3, 0.4) is 0 Å². The molecule has 2 amide bonds. The van der Waals surface area contributed by atoms with Crippen LogP contribution in [-0.4, -0.2) is 23.8 Å². The summed E-state index contributed by atoms with van der Waals surface area (Å²) < 4.78 is 0. The van der Waals surface area contributed by atoms with Crippen molar-refractivity contribution in [1.82, 2.24) is 10.3 Å². The van der Waals surface area contributed by atoms with Crippen molar-refractivity contribution in [3.63, 3.8) is 0 Å². The van der Waals surface area contributed by atoms with E-state index in [4.69, 9.17) is 11.6 Å². The molecule has 108 valence electrons. The molecule has 0 fully saturated rings. The quantitative estimate of drug-likeness (QED) is 0.915. The Bertz CT molecular complexity index is 684. The van der Waals surface area contributed by atoms with Crippen LogP contribution >= 0.6 is 11.6 Å². The third-order valence-corrected chi connectivity index (χ3v) is 3.18. The number of benzene rings is 1. The number of hydrogen-bond donors (Lipinski definition) is 2. The Morgan fingerprint density at radius 3 is 2.38 bits per heavy atom. The van der Waals surface area contributed by atoms with E-state index < -0.39 is 0 Å². The van der Waals surface area contributed by atoms with Crippen molar-refractivity contribution in [3.05, 3.63) is 58.4 Å². The lowest BCUT2D eigenvalue weighted by atomic mass is 10.2. The van der Waals surface area contributed by atoms with Crippen LogP contribution in [0.25, 0.3) is 0 Å². The Morgan fingerprint density at radius 2 is 1.81 bits per heavy atom. The summed E-state index contributed by atoms with van der Waals surface area (Å²) in [6.07, 6.45) is 1.44. The van der Waals surface area contributed by atoms with Crippen molar-refractivity contribution in [2.24, 2.45) is 0 Å². The van der Waals surface area contributed by atoms with Crippen molar-refractivity contribution in [1.29, 1.82) is 0 Å². The molecule has 0 aliphatic rings. The van der Waals surface area contributed by atoms with Crippen LogP contribution in [0.1, 0.15) is 26.4 Å². The molecule has 0 saturated heterocycles. The highest BCUT2D eigenvalue weighted by Gasteiger charge is 2.11. The molecule has 0 unspecified atom stereocenters. The first-order chi connectivity index (χ1) is 10.0. The fraction of sp³-hybridized carbons (Fsp3) is 0.133. The molecule has 1 aromatic carbocycles. The predicted molar refractivity (Wildman–Crippen MR) is 81.8 cm³/mol. The first kappa shape index (κ1) is 15.0. The van der Waals surface area contributed by atoms with Gasteiger partial charge in [0.15, 0.2) is 0 Å². The summed E-state index contributed by atoms with van der Waals surface area (Å²) in [6, 6.07) is 8.19. The zero-order valence-corrected chi connectivity index (χ0v) is 12.4. The standard InChI is InChI=1S/C15H14ClN3O2/c1-9-7-13(16)12(8-18-9)15(21)19-11-5-3-10(4-6-11)14(20)17-2/h3-8H,1-2H3,(H,17,20)(H,19,21). The van der Waals surface area contributed by atoms with Gasteiger partial charge in [-0.1, -0.05) is 11.6 Å². The minimum atomic E-state index is -0.347. The average Bonchev–Trinajstić information content (AvgIpc) is 2.47. The fourth-order valence-corrected chi connectivity index (χ4v) is 2.03. The van der Waals surface area contributed by atoms with Crippen molar-refractivity contribution in [2.75, 3.05) is 12.4 Å². The summed E-state index contributed by atoms with van der Waals surface area (Å²) in [7, 11) is 1.56. The molecule has 2 aromatic rings. The lowest BCUT2D eigenvalue weighted by Crippen LogP contribution is -2.18. The fourth-order valence-electron chi connectivity index (χ4n) is 1.74. The lowest BCUT2D eigenvalue weighted by Gasteiger charge is -2.07. The molecule has 21 heavy (non-hydrogen) atoms. The molecule has 2 rings (SSSR count). The van der Waals surface area contributed by atoms with Crippen LogP contribution in [0.4, 0.5) is 5.69 Å². The summed E-state index contributed by atoms with van der Waals surface area (Å²) in [5.74, 6) is -0.529. The van der Waals surface area contributed by atoms with E-state index in [1.807, 2.05) is 0 Å². The summed E-state index contributed by atoms with van der Waals surface area (Å²) in [4.78, 5) is 27.6. The molecule has 0 spiro atoms. The number of carbonyl (C=O) groups excluding carboxylic acids is 2. The second-order valence-electron chi connectivity index (χ2n) is 4.42. The molecule has 0 bridgehead atoms. The minimum Gasteiger partial charge on any atom is -0.355 e. The molecule has 1 aromatic heterocycles. The van der Waals surface area contributed by atoms with E-state index in [1.54, 1.807) is 44.3 Å². The first-order valence-corrected chi connectivity index (χ1v) is 6.64. The van der Waals surface area contributed by atoms with E-state index in [-0.39, 0.29) is 11.8 Å². The molecule has 0 saturated carbocycles. The van der Waals surface area contributed by atoms with Gasteiger partial charge in [0.1, 0.15) is 0 Å². The van der Waals surface area contributed by atoms with Crippen molar-refractivity contribution >= 4 is 29.1 Å². The maximum Gasteiger partial charge on any atom is 0.258 e. The molecule has 5 nitrogen and oxygen atoms in total.